The summed E-state index contributed by atoms with van der Waals surface area (Å²) in [7, 11) is 1.92. The highest BCUT2D eigenvalue weighted by Gasteiger charge is 2.18. The maximum Gasteiger partial charge on any atom is 0.0849 e. The van der Waals surface area contributed by atoms with Gasteiger partial charge >= 0.3 is 0 Å². The second-order valence-electron chi connectivity index (χ2n) is 5.63. The number of aromatic nitrogens is 2. The number of hydrogen-bond donors (Lipinski definition) is 1. The molecule has 1 unspecified atom stereocenters. The van der Waals surface area contributed by atoms with Crippen LogP contribution in [0.15, 0.2) is 24.3 Å². The van der Waals surface area contributed by atoms with Gasteiger partial charge in [0.15, 0.2) is 0 Å². The van der Waals surface area contributed by atoms with Crippen molar-refractivity contribution in [1.29, 1.82) is 0 Å². The summed E-state index contributed by atoms with van der Waals surface area (Å²) in [5.74, 6) is 0.158. The number of hydrogen-bond acceptors (Lipinski definition) is 2. The fraction of sp³-hybridized carbons (Fsp3) is 0.471. The number of benzene rings is 1. The van der Waals surface area contributed by atoms with Crippen LogP contribution in [0.1, 0.15) is 29.4 Å². The molecule has 4 heteroatoms. The highest BCUT2D eigenvalue weighted by atomic mass is 35.5. The molecular formula is C17H23ClN2O. The molecule has 0 amide bonds. The van der Waals surface area contributed by atoms with E-state index in [-0.39, 0.29) is 12.5 Å². The second-order valence-corrected chi connectivity index (χ2v) is 6.00. The molecule has 1 atom stereocenters. The summed E-state index contributed by atoms with van der Waals surface area (Å²) in [6.45, 7) is 4.28. The number of aryl methyl sites for hydroxylation is 3. The van der Waals surface area contributed by atoms with E-state index in [0.29, 0.717) is 0 Å². The minimum absolute atomic E-state index is 0.150. The molecule has 0 aliphatic carbocycles. The summed E-state index contributed by atoms with van der Waals surface area (Å²) < 4.78 is 1.85. The van der Waals surface area contributed by atoms with Gasteiger partial charge in [0, 0.05) is 13.7 Å². The Labute approximate surface area is 131 Å². The molecule has 1 N–H and O–H groups in total. The highest BCUT2D eigenvalue weighted by molar-refractivity contribution is 6.31. The summed E-state index contributed by atoms with van der Waals surface area (Å²) >= 11 is 6.39. The maximum atomic E-state index is 9.68. The van der Waals surface area contributed by atoms with E-state index >= 15 is 0 Å². The molecule has 21 heavy (non-hydrogen) atoms. The SMILES string of the molecule is CCc1nn(C)c(CC(CO)Cc2ccc(C)cc2)c1Cl. The van der Waals surface area contributed by atoms with Crippen LogP contribution < -0.4 is 0 Å². The van der Waals surface area contributed by atoms with Gasteiger partial charge in [0.25, 0.3) is 0 Å². The van der Waals surface area contributed by atoms with Gasteiger partial charge in [0.05, 0.1) is 16.4 Å². The molecule has 114 valence electrons. The number of aliphatic hydroxyl groups excluding tert-OH is 1. The van der Waals surface area contributed by atoms with E-state index < -0.39 is 0 Å². The van der Waals surface area contributed by atoms with E-state index in [1.807, 2.05) is 18.7 Å². The van der Waals surface area contributed by atoms with Crippen molar-refractivity contribution in [3.05, 3.63) is 51.8 Å². The van der Waals surface area contributed by atoms with Crippen molar-refractivity contribution in [1.82, 2.24) is 9.78 Å². The van der Waals surface area contributed by atoms with Crippen molar-refractivity contribution < 1.29 is 5.11 Å². The van der Waals surface area contributed by atoms with Crippen LogP contribution in [0.4, 0.5) is 0 Å². The third kappa shape index (κ3) is 3.86. The predicted molar refractivity (Wildman–Crippen MR) is 86.8 cm³/mol. The van der Waals surface area contributed by atoms with Crippen molar-refractivity contribution in [3.63, 3.8) is 0 Å². The van der Waals surface area contributed by atoms with Crippen LogP contribution >= 0.6 is 11.6 Å². The smallest absolute Gasteiger partial charge is 0.0849 e. The molecule has 2 rings (SSSR count). The van der Waals surface area contributed by atoms with E-state index in [1.54, 1.807) is 0 Å². The Morgan fingerprint density at radius 2 is 1.90 bits per heavy atom. The molecule has 0 bridgehead atoms. The third-order valence-electron chi connectivity index (χ3n) is 3.89. The van der Waals surface area contributed by atoms with E-state index in [0.717, 1.165) is 35.7 Å². The first-order valence-corrected chi connectivity index (χ1v) is 7.79. The molecule has 2 aromatic rings. The van der Waals surface area contributed by atoms with Gasteiger partial charge in [0.1, 0.15) is 0 Å². The molecule has 0 saturated heterocycles. The first-order valence-electron chi connectivity index (χ1n) is 7.41. The Morgan fingerprint density at radius 1 is 1.24 bits per heavy atom. The van der Waals surface area contributed by atoms with Crippen molar-refractivity contribution in [2.24, 2.45) is 13.0 Å². The summed E-state index contributed by atoms with van der Waals surface area (Å²) in [5, 5.41) is 14.9. The van der Waals surface area contributed by atoms with Crippen molar-refractivity contribution in [3.8, 4) is 0 Å². The van der Waals surface area contributed by atoms with Crippen LogP contribution in [-0.4, -0.2) is 21.5 Å². The van der Waals surface area contributed by atoms with Gasteiger partial charge < -0.3 is 5.11 Å². The predicted octanol–water partition coefficient (Wildman–Crippen LogP) is 3.34. The van der Waals surface area contributed by atoms with Gasteiger partial charge in [-0.25, -0.2) is 0 Å². The Hall–Kier alpha value is -1.32. The van der Waals surface area contributed by atoms with Crippen LogP contribution in [0.5, 0.6) is 0 Å². The van der Waals surface area contributed by atoms with E-state index in [4.69, 9.17) is 11.6 Å². The van der Waals surface area contributed by atoms with Gasteiger partial charge in [0.2, 0.25) is 0 Å². The largest absolute Gasteiger partial charge is 0.396 e. The number of aliphatic hydroxyl groups is 1. The Bertz CT molecular complexity index is 590. The standard InChI is InChI=1S/C17H23ClN2O/c1-4-15-17(18)16(20(3)19-15)10-14(11-21)9-13-7-5-12(2)6-8-13/h5-8,14,21H,4,9-11H2,1-3H3. The Morgan fingerprint density at radius 3 is 2.43 bits per heavy atom. The zero-order valence-corrected chi connectivity index (χ0v) is 13.7. The number of halogens is 1. The molecule has 1 heterocycles. The van der Waals surface area contributed by atoms with E-state index in [2.05, 4.69) is 36.3 Å². The van der Waals surface area contributed by atoms with Gasteiger partial charge in [-0.15, -0.1) is 0 Å². The van der Waals surface area contributed by atoms with Gasteiger partial charge in [-0.3, -0.25) is 4.68 Å². The lowest BCUT2D eigenvalue weighted by molar-refractivity contribution is 0.223. The molecule has 0 fully saturated rings. The lowest BCUT2D eigenvalue weighted by Crippen LogP contribution is -2.15. The second kappa shape index (κ2) is 7.10. The summed E-state index contributed by atoms with van der Waals surface area (Å²) in [5.41, 5.74) is 4.44. The summed E-state index contributed by atoms with van der Waals surface area (Å²) in [6, 6.07) is 8.46. The summed E-state index contributed by atoms with van der Waals surface area (Å²) in [6.07, 6.45) is 2.42. The van der Waals surface area contributed by atoms with Crippen LogP contribution in [0.3, 0.4) is 0 Å². The molecule has 0 saturated carbocycles. The third-order valence-corrected chi connectivity index (χ3v) is 4.32. The molecule has 1 aromatic carbocycles. The lowest BCUT2D eigenvalue weighted by atomic mass is 9.95. The number of rotatable bonds is 6. The topological polar surface area (TPSA) is 38.0 Å². The Balaban J connectivity index is 2.12. The molecule has 3 nitrogen and oxygen atoms in total. The molecule has 0 aliphatic heterocycles. The first-order chi connectivity index (χ1) is 10.0. The highest BCUT2D eigenvalue weighted by Crippen LogP contribution is 2.24. The van der Waals surface area contributed by atoms with E-state index in [1.165, 1.54) is 11.1 Å². The van der Waals surface area contributed by atoms with E-state index in [9.17, 15) is 5.11 Å². The first kappa shape index (κ1) is 16.1. The molecule has 0 aliphatic rings. The van der Waals surface area contributed by atoms with Gasteiger partial charge in [-0.05, 0) is 37.7 Å². The normalized spacial score (nSPS) is 12.6. The molecule has 0 radical (unpaired) electrons. The monoisotopic (exact) mass is 306 g/mol. The zero-order chi connectivity index (χ0) is 15.4. The fourth-order valence-electron chi connectivity index (χ4n) is 2.57. The average Bonchev–Trinajstić information content (AvgIpc) is 2.75. The van der Waals surface area contributed by atoms with Gasteiger partial charge in [-0.2, -0.15) is 5.10 Å². The minimum atomic E-state index is 0.150. The van der Waals surface area contributed by atoms with Gasteiger partial charge in [-0.1, -0.05) is 48.4 Å². The van der Waals surface area contributed by atoms with Crippen molar-refractivity contribution in [2.75, 3.05) is 6.61 Å². The quantitative estimate of drug-likeness (QED) is 0.889. The van der Waals surface area contributed by atoms with Crippen LogP contribution in [0, 0.1) is 12.8 Å². The van der Waals surface area contributed by atoms with Crippen LogP contribution in [0.2, 0.25) is 5.02 Å². The molecule has 0 spiro atoms. The average molecular weight is 307 g/mol. The molecular weight excluding hydrogens is 284 g/mol. The van der Waals surface area contributed by atoms with Crippen molar-refractivity contribution in [2.45, 2.75) is 33.1 Å². The van der Waals surface area contributed by atoms with Crippen LogP contribution in [0.25, 0.3) is 0 Å². The maximum absolute atomic E-state index is 9.68. The Kier molecular flexibility index (Phi) is 5.43. The fourth-order valence-corrected chi connectivity index (χ4v) is 2.94. The molecule has 1 aromatic heterocycles. The minimum Gasteiger partial charge on any atom is -0.396 e. The van der Waals surface area contributed by atoms with Crippen molar-refractivity contribution >= 4 is 11.6 Å². The summed E-state index contributed by atoms with van der Waals surface area (Å²) in [4.78, 5) is 0. The zero-order valence-electron chi connectivity index (χ0n) is 12.9. The number of nitrogens with zero attached hydrogens (tertiary/aromatic N) is 2. The lowest BCUT2D eigenvalue weighted by Gasteiger charge is -2.15. The van der Waals surface area contributed by atoms with Crippen LogP contribution in [-0.2, 0) is 26.3 Å².